The number of anilines is 1. The molecule has 0 aliphatic rings. The molecule has 158 valence electrons. The summed E-state index contributed by atoms with van der Waals surface area (Å²) in [5.74, 6) is -0.479. The Kier molecular flexibility index (Phi) is 6.88. The Balaban J connectivity index is 1.61. The fourth-order valence-corrected chi connectivity index (χ4v) is 3.38. The maximum absolute atomic E-state index is 13.6. The van der Waals surface area contributed by atoms with Gasteiger partial charge < -0.3 is 19.4 Å². The third-order valence-electron chi connectivity index (χ3n) is 4.15. The van der Waals surface area contributed by atoms with Gasteiger partial charge in [0.15, 0.2) is 17.1 Å². The maximum atomic E-state index is 13.6. The Morgan fingerprint density at radius 1 is 1.17 bits per heavy atom. The lowest BCUT2D eigenvalue weighted by Gasteiger charge is -2.14. The molecular formula is C20H20F2N4O3S. The van der Waals surface area contributed by atoms with Crippen LogP contribution in [0.15, 0.2) is 47.6 Å². The van der Waals surface area contributed by atoms with Crippen molar-refractivity contribution in [3.05, 3.63) is 59.9 Å². The van der Waals surface area contributed by atoms with Crippen molar-refractivity contribution in [2.75, 3.05) is 18.2 Å². The Morgan fingerprint density at radius 3 is 2.53 bits per heavy atom. The summed E-state index contributed by atoms with van der Waals surface area (Å²) in [6, 6.07) is 10.6. The lowest BCUT2D eigenvalue weighted by molar-refractivity contribution is -0.113. The van der Waals surface area contributed by atoms with Crippen molar-refractivity contribution >= 4 is 23.4 Å². The quantitative estimate of drug-likeness (QED) is 0.541. The molecule has 0 aliphatic heterocycles. The van der Waals surface area contributed by atoms with E-state index in [1.165, 1.54) is 6.07 Å². The molecule has 30 heavy (non-hydrogen) atoms. The minimum Gasteiger partial charge on any atom is -0.497 e. The number of carbonyl (C=O) groups excluding carboxylic acids is 1. The molecule has 1 atom stereocenters. The van der Waals surface area contributed by atoms with Crippen LogP contribution in [0.3, 0.4) is 0 Å². The second kappa shape index (κ2) is 9.57. The molecule has 1 N–H and O–H groups in total. The van der Waals surface area contributed by atoms with Gasteiger partial charge in [-0.05, 0) is 31.2 Å². The third-order valence-corrected chi connectivity index (χ3v) is 5.17. The number of methoxy groups -OCH3 is 1. The number of hydrogen-bond donors (Lipinski definition) is 1. The van der Waals surface area contributed by atoms with Crippen LogP contribution in [-0.4, -0.2) is 33.5 Å². The summed E-state index contributed by atoms with van der Waals surface area (Å²) in [5.41, 5.74) is -0.470. The predicted octanol–water partition coefficient (Wildman–Crippen LogP) is 3.97. The standard InChI is InChI=1S/C20H20F2N4O3S/c1-12(29-14-7-4-6-13(10-14)28-3)19-24-25-20(26(19)2)30-11-17(27)23-18-15(21)8-5-9-16(18)22/h4-10,12H,11H2,1-3H3,(H,23,27). The van der Waals surface area contributed by atoms with E-state index in [0.29, 0.717) is 22.5 Å². The summed E-state index contributed by atoms with van der Waals surface area (Å²) in [5, 5.41) is 10.9. The van der Waals surface area contributed by atoms with Gasteiger partial charge in [0.25, 0.3) is 0 Å². The molecule has 3 aromatic rings. The van der Waals surface area contributed by atoms with Crippen molar-refractivity contribution in [3.63, 3.8) is 0 Å². The van der Waals surface area contributed by atoms with Gasteiger partial charge in [-0.1, -0.05) is 23.9 Å². The van der Waals surface area contributed by atoms with Crippen LogP contribution in [0.25, 0.3) is 0 Å². The summed E-state index contributed by atoms with van der Waals surface area (Å²) < 4.78 is 40.1. The van der Waals surface area contributed by atoms with E-state index in [-0.39, 0.29) is 5.75 Å². The largest absolute Gasteiger partial charge is 0.497 e. The zero-order valence-electron chi connectivity index (χ0n) is 16.6. The minimum atomic E-state index is -0.835. The molecule has 3 rings (SSSR count). The van der Waals surface area contributed by atoms with Crippen molar-refractivity contribution in [1.29, 1.82) is 0 Å². The predicted molar refractivity (Wildman–Crippen MR) is 109 cm³/mol. The molecule has 0 spiro atoms. The molecule has 1 aromatic heterocycles. The highest BCUT2D eigenvalue weighted by atomic mass is 32.2. The van der Waals surface area contributed by atoms with Crippen molar-refractivity contribution < 1.29 is 23.0 Å². The van der Waals surface area contributed by atoms with Crippen LogP contribution in [0.2, 0.25) is 0 Å². The van der Waals surface area contributed by atoms with Gasteiger partial charge in [0.1, 0.15) is 28.8 Å². The molecule has 0 radical (unpaired) electrons. The van der Waals surface area contributed by atoms with Crippen LogP contribution in [0.5, 0.6) is 11.5 Å². The summed E-state index contributed by atoms with van der Waals surface area (Å²) in [6.45, 7) is 1.83. The molecule has 0 bridgehead atoms. The maximum Gasteiger partial charge on any atom is 0.235 e. The van der Waals surface area contributed by atoms with E-state index in [0.717, 1.165) is 23.9 Å². The van der Waals surface area contributed by atoms with Gasteiger partial charge >= 0.3 is 0 Å². The molecule has 10 heteroatoms. The molecule has 1 unspecified atom stereocenters. The molecule has 1 heterocycles. The van der Waals surface area contributed by atoms with Gasteiger partial charge in [-0.15, -0.1) is 10.2 Å². The monoisotopic (exact) mass is 434 g/mol. The minimum absolute atomic E-state index is 0.0924. The Labute approximate surface area is 176 Å². The van der Waals surface area contributed by atoms with E-state index < -0.39 is 29.3 Å². The number of ether oxygens (including phenoxy) is 2. The Hall–Kier alpha value is -3.14. The van der Waals surface area contributed by atoms with Crippen molar-refractivity contribution in [2.45, 2.75) is 18.2 Å². The lowest BCUT2D eigenvalue weighted by atomic mass is 10.3. The summed E-state index contributed by atoms with van der Waals surface area (Å²) in [4.78, 5) is 12.1. The van der Waals surface area contributed by atoms with E-state index in [1.54, 1.807) is 30.9 Å². The topological polar surface area (TPSA) is 78.3 Å². The van der Waals surface area contributed by atoms with E-state index in [4.69, 9.17) is 9.47 Å². The smallest absolute Gasteiger partial charge is 0.235 e. The molecule has 0 fully saturated rings. The zero-order valence-corrected chi connectivity index (χ0v) is 17.4. The fraction of sp³-hybridized carbons (Fsp3) is 0.250. The Bertz CT molecular complexity index is 1020. The number of amides is 1. The third kappa shape index (κ3) is 5.07. The van der Waals surface area contributed by atoms with Crippen LogP contribution in [-0.2, 0) is 11.8 Å². The normalized spacial score (nSPS) is 11.8. The zero-order chi connectivity index (χ0) is 21.7. The molecular weight excluding hydrogens is 414 g/mol. The van der Waals surface area contributed by atoms with E-state index >= 15 is 0 Å². The molecule has 2 aromatic carbocycles. The van der Waals surface area contributed by atoms with Crippen molar-refractivity contribution in [3.8, 4) is 11.5 Å². The summed E-state index contributed by atoms with van der Waals surface area (Å²) in [6.07, 6.45) is -0.412. The molecule has 0 saturated heterocycles. The number of para-hydroxylation sites is 1. The summed E-state index contributed by atoms with van der Waals surface area (Å²) >= 11 is 1.09. The first-order valence-electron chi connectivity index (χ1n) is 8.95. The van der Waals surface area contributed by atoms with Crippen LogP contribution in [0.4, 0.5) is 14.5 Å². The number of benzene rings is 2. The SMILES string of the molecule is COc1cccc(OC(C)c2nnc(SCC(=O)Nc3c(F)cccc3F)n2C)c1. The molecule has 0 saturated carbocycles. The van der Waals surface area contributed by atoms with Crippen LogP contribution in [0.1, 0.15) is 18.9 Å². The second-order valence-corrected chi connectivity index (χ2v) is 7.21. The number of aromatic nitrogens is 3. The van der Waals surface area contributed by atoms with E-state index in [9.17, 15) is 13.6 Å². The first-order chi connectivity index (χ1) is 14.4. The molecule has 7 nitrogen and oxygen atoms in total. The Morgan fingerprint density at radius 2 is 1.83 bits per heavy atom. The van der Waals surface area contributed by atoms with Gasteiger partial charge in [-0.25, -0.2) is 8.78 Å². The first kappa shape index (κ1) is 21.6. The van der Waals surface area contributed by atoms with Crippen molar-refractivity contribution in [2.24, 2.45) is 7.05 Å². The fourth-order valence-electron chi connectivity index (χ4n) is 2.66. The molecule has 0 aliphatic carbocycles. The summed E-state index contributed by atoms with van der Waals surface area (Å²) in [7, 11) is 3.32. The number of nitrogens with zero attached hydrogens (tertiary/aromatic N) is 3. The molecule has 1 amide bonds. The van der Waals surface area contributed by atoms with E-state index in [2.05, 4.69) is 15.5 Å². The average Bonchev–Trinajstić information content (AvgIpc) is 3.10. The van der Waals surface area contributed by atoms with Gasteiger partial charge in [0.05, 0.1) is 12.9 Å². The number of thioether (sulfide) groups is 1. The first-order valence-corrected chi connectivity index (χ1v) is 9.94. The van der Waals surface area contributed by atoms with Gasteiger partial charge in [-0.2, -0.15) is 0 Å². The highest BCUT2D eigenvalue weighted by Gasteiger charge is 2.19. The number of halogens is 2. The van der Waals surface area contributed by atoms with Crippen LogP contribution >= 0.6 is 11.8 Å². The average molecular weight is 434 g/mol. The van der Waals surface area contributed by atoms with Crippen molar-refractivity contribution in [1.82, 2.24) is 14.8 Å². The second-order valence-electron chi connectivity index (χ2n) is 6.27. The van der Waals surface area contributed by atoms with Gasteiger partial charge in [0, 0.05) is 13.1 Å². The lowest BCUT2D eigenvalue weighted by Crippen LogP contribution is -2.16. The number of nitrogens with one attached hydrogen (secondary N) is 1. The number of hydrogen-bond acceptors (Lipinski definition) is 6. The van der Waals surface area contributed by atoms with Crippen LogP contribution < -0.4 is 14.8 Å². The highest BCUT2D eigenvalue weighted by molar-refractivity contribution is 7.99. The van der Waals surface area contributed by atoms with Crippen LogP contribution in [0, 0.1) is 11.6 Å². The number of carbonyl (C=O) groups is 1. The highest BCUT2D eigenvalue weighted by Crippen LogP contribution is 2.26. The van der Waals surface area contributed by atoms with Gasteiger partial charge in [0.2, 0.25) is 5.91 Å². The number of rotatable bonds is 8. The van der Waals surface area contributed by atoms with E-state index in [1.807, 2.05) is 19.1 Å². The van der Waals surface area contributed by atoms with Gasteiger partial charge in [-0.3, -0.25) is 4.79 Å².